The molecule has 31 heavy (non-hydrogen) atoms. The quantitative estimate of drug-likeness (QED) is 0.460. The van der Waals surface area contributed by atoms with Crippen LogP contribution in [0.5, 0.6) is 0 Å². The molecule has 4 aromatic rings. The Labute approximate surface area is 177 Å². The highest BCUT2D eigenvalue weighted by molar-refractivity contribution is 7.99. The molecule has 0 fully saturated rings. The first-order valence-electron chi connectivity index (χ1n) is 9.20. The molecule has 4 rings (SSSR count). The van der Waals surface area contributed by atoms with Gasteiger partial charge in [0.15, 0.2) is 5.16 Å². The summed E-state index contributed by atoms with van der Waals surface area (Å²) in [7, 11) is 0. The van der Waals surface area contributed by atoms with Crippen molar-refractivity contribution in [3.63, 3.8) is 0 Å². The molecule has 0 aliphatic carbocycles. The summed E-state index contributed by atoms with van der Waals surface area (Å²) in [5.41, 5.74) is 1.21. The van der Waals surface area contributed by atoms with Gasteiger partial charge in [0, 0.05) is 0 Å². The molecule has 2 heterocycles. The van der Waals surface area contributed by atoms with E-state index in [2.05, 4.69) is 10.2 Å². The van der Waals surface area contributed by atoms with Gasteiger partial charge in [-0.05, 0) is 17.7 Å². The molecule has 0 bridgehead atoms. The fourth-order valence-electron chi connectivity index (χ4n) is 3.12. The molecule has 0 spiro atoms. The number of hydrogen-bond acceptors (Lipinski definition) is 5. The number of aromatic nitrogens is 4. The monoisotopic (exact) mass is 447 g/mol. The Bertz CT molecular complexity index is 1300. The van der Waals surface area contributed by atoms with Gasteiger partial charge >= 0.3 is 6.18 Å². The maximum Gasteiger partial charge on any atom is 0.405 e. The second-order valence-electron chi connectivity index (χ2n) is 6.69. The van der Waals surface area contributed by atoms with Crippen LogP contribution in [0.3, 0.4) is 0 Å². The number of nitrogens with zero attached hydrogens (tertiary/aromatic N) is 4. The number of para-hydroxylation sites is 1. The fourth-order valence-corrected chi connectivity index (χ4v) is 3.89. The fraction of sp³-hybridized carbons (Fsp3) is 0.200. The van der Waals surface area contributed by atoms with Crippen molar-refractivity contribution in [1.29, 1.82) is 0 Å². The summed E-state index contributed by atoms with van der Waals surface area (Å²) in [6, 6.07) is 16.3. The highest BCUT2D eigenvalue weighted by atomic mass is 32.2. The zero-order chi connectivity index (χ0) is 22.0. The van der Waals surface area contributed by atoms with Crippen LogP contribution in [0, 0.1) is 0 Å². The average molecular weight is 447 g/mol. The minimum atomic E-state index is -4.48. The average Bonchev–Trinajstić information content (AvgIpc) is 3.18. The van der Waals surface area contributed by atoms with E-state index in [1.807, 2.05) is 35.6 Å². The number of hydrogen-bond donors (Lipinski definition) is 1. The standard InChI is InChI=1S/C20H16F3N5O2S/c21-20(22,23)12-24-16(29)11-31-19-26-25-18-27(10-13-6-2-1-3-7-13)17(30)14-8-4-5-9-15(14)28(18)19/h1-9H,10-12H2,(H,24,29). The topological polar surface area (TPSA) is 81.3 Å². The summed E-state index contributed by atoms with van der Waals surface area (Å²) >= 11 is 0.946. The number of nitrogens with one attached hydrogen (secondary N) is 1. The minimum absolute atomic E-state index is 0.237. The molecule has 1 N–H and O–H groups in total. The third-order valence-electron chi connectivity index (χ3n) is 4.48. The largest absolute Gasteiger partial charge is 0.405 e. The van der Waals surface area contributed by atoms with Gasteiger partial charge in [0.2, 0.25) is 11.7 Å². The van der Waals surface area contributed by atoms with Crippen LogP contribution in [0.15, 0.2) is 64.5 Å². The summed E-state index contributed by atoms with van der Waals surface area (Å²) < 4.78 is 40.0. The van der Waals surface area contributed by atoms with Gasteiger partial charge in [-0.15, -0.1) is 10.2 Å². The predicted octanol–water partition coefficient (Wildman–Crippen LogP) is 2.86. The van der Waals surface area contributed by atoms with E-state index in [4.69, 9.17) is 0 Å². The first-order valence-corrected chi connectivity index (χ1v) is 10.2. The highest BCUT2D eigenvalue weighted by Crippen LogP contribution is 2.22. The van der Waals surface area contributed by atoms with Gasteiger partial charge in [-0.2, -0.15) is 13.2 Å². The van der Waals surface area contributed by atoms with Crippen LogP contribution in [-0.2, 0) is 11.3 Å². The molecule has 0 atom stereocenters. The molecule has 0 aliphatic rings. The van der Waals surface area contributed by atoms with E-state index in [0.29, 0.717) is 16.1 Å². The second kappa shape index (κ2) is 8.42. The number of benzene rings is 2. The number of amides is 1. The van der Waals surface area contributed by atoms with E-state index < -0.39 is 18.6 Å². The molecule has 0 unspecified atom stereocenters. The molecule has 2 aromatic carbocycles. The van der Waals surface area contributed by atoms with Crippen molar-refractivity contribution >= 4 is 34.3 Å². The lowest BCUT2D eigenvalue weighted by Crippen LogP contribution is -2.34. The van der Waals surface area contributed by atoms with E-state index in [-0.39, 0.29) is 23.6 Å². The summed E-state index contributed by atoms with van der Waals surface area (Å²) in [5.74, 6) is -0.769. The smallest absolute Gasteiger partial charge is 0.346 e. The summed E-state index contributed by atoms with van der Waals surface area (Å²) in [6.07, 6.45) is -4.48. The van der Waals surface area contributed by atoms with Gasteiger partial charge < -0.3 is 5.32 Å². The Morgan fingerprint density at radius 3 is 2.48 bits per heavy atom. The molecule has 0 aliphatic heterocycles. The Morgan fingerprint density at radius 1 is 1.03 bits per heavy atom. The SMILES string of the molecule is O=C(CSc1nnc2n(Cc3ccccc3)c(=O)c3ccccc3n12)NCC(F)(F)F. The first kappa shape index (κ1) is 20.9. The van der Waals surface area contributed by atoms with E-state index in [1.54, 1.807) is 28.7 Å². The second-order valence-corrected chi connectivity index (χ2v) is 7.64. The third-order valence-corrected chi connectivity index (χ3v) is 5.41. The number of thioether (sulfide) groups is 1. The van der Waals surface area contributed by atoms with Crippen molar-refractivity contribution in [2.45, 2.75) is 17.9 Å². The highest BCUT2D eigenvalue weighted by Gasteiger charge is 2.27. The number of halogens is 3. The molecule has 0 saturated carbocycles. The van der Waals surface area contributed by atoms with Crippen molar-refractivity contribution in [3.8, 4) is 0 Å². The maximum absolute atomic E-state index is 13.1. The van der Waals surface area contributed by atoms with Crippen LogP contribution in [0.4, 0.5) is 13.2 Å². The lowest BCUT2D eigenvalue weighted by molar-refractivity contribution is -0.136. The molecular weight excluding hydrogens is 431 g/mol. The molecule has 0 radical (unpaired) electrons. The molecule has 2 aromatic heterocycles. The van der Waals surface area contributed by atoms with Crippen molar-refractivity contribution in [2.75, 3.05) is 12.3 Å². The van der Waals surface area contributed by atoms with Crippen molar-refractivity contribution < 1.29 is 18.0 Å². The van der Waals surface area contributed by atoms with Crippen LogP contribution in [-0.4, -0.2) is 43.5 Å². The zero-order valence-corrected chi connectivity index (χ0v) is 16.8. The van der Waals surface area contributed by atoms with Gasteiger partial charge in [0.05, 0.1) is 23.2 Å². The molecule has 1 amide bonds. The van der Waals surface area contributed by atoms with E-state index in [1.165, 1.54) is 4.57 Å². The van der Waals surface area contributed by atoms with Gasteiger partial charge in [0.25, 0.3) is 5.56 Å². The van der Waals surface area contributed by atoms with E-state index in [9.17, 15) is 22.8 Å². The number of fused-ring (bicyclic) bond motifs is 3. The Balaban J connectivity index is 1.72. The third kappa shape index (κ3) is 4.55. The lowest BCUT2D eigenvalue weighted by atomic mass is 10.2. The molecular formula is C20H16F3N5O2S. The van der Waals surface area contributed by atoms with Crippen LogP contribution in [0.25, 0.3) is 16.7 Å². The number of rotatable bonds is 6. The van der Waals surface area contributed by atoms with E-state index >= 15 is 0 Å². The first-order chi connectivity index (χ1) is 14.8. The Kier molecular flexibility index (Phi) is 5.68. The normalized spacial score (nSPS) is 11.8. The van der Waals surface area contributed by atoms with Gasteiger partial charge in [-0.3, -0.25) is 18.6 Å². The number of carbonyl (C=O) groups excluding carboxylic acids is 1. The van der Waals surface area contributed by atoms with Crippen LogP contribution in [0.2, 0.25) is 0 Å². The minimum Gasteiger partial charge on any atom is -0.346 e. The lowest BCUT2D eigenvalue weighted by Gasteiger charge is -2.11. The van der Waals surface area contributed by atoms with Crippen molar-refractivity contribution in [1.82, 2.24) is 24.5 Å². The molecule has 7 nitrogen and oxygen atoms in total. The Hall–Kier alpha value is -3.34. The Morgan fingerprint density at radius 2 is 1.74 bits per heavy atom. The molecule has 11 heteroatoms. The predicted molar refractivity (Wildman–Crippen MR) is 110 cm³/mol. The number of carbonyl (C=O) groups is 1. The summed E-state index contributed by atoms with van der Waals surface area (Å²) in [6.45, 7) is -1.13. The van der Waals surface area contributed by atoms with Crippen LogP contribution >= 0.6 is 11.8 Å². The van der Waals surface area contributed by atoms with Crippen molar-refractivity contribution in [3.05, 3.63) is 70.5 Å². The van der Waals surface area contributed by atoms with Gasteiger partial charge in [-0.1, -0.05) is 54.2 Å². The zero-order valence-electron chi connectivity index (χ0n) is 16.0. The van der Waals surface area contributed by atoms with Gasteiger partial charge in [0.1, 0.15) is 6.54 Å². The molecule has 160 valence electrons. The van der Waals surface area contributed by atoms with Crippen molar-refractivity contribution in [2.24, 2.45) is 0 Å². The van der Waals surface area contributed by atoms with Crippen LogP contribution in [0.1, 0.15) is 5.56 Å². The maximum atomic E-state index is 13.1. The molecule has 0 saturated heterocycles. The van der Waals surface area contributed by atoms with Gasteiger partial charge in [-0.25, -0.2) is 0 Å². The van der Waals surface area contributed by atoms with Crippen LogP contribution < -0.4 is 10.9 Å². The summed E-state index contributed by atoms with van der Waals surface area (Å²) in [5, 5.41) is 10.8. The van der Waals surface area contributed by atoms with E-state index in [0.717, 1.165) is 17.3 Å². The number of alkyl halides is 3. The summed E-state index contributed by atoms with van der Waals surface area (Å²) in [4.78, 5) is 24.9.